The van der Waals surface area contributed by atoms with E-state index in [-0.39, 0.29) is 5.91 Å². The third-order valence-electron chi connectivity index (χ3n) is 6.34. The monoisotopic (exact) mass is 456 g/mol. The molecule has 0 bridgehead atoms. The van der Waals surface area contributed by atoms with Crippen molar-refractivity contribution in [3.8, 4) is 0 Å². The van der Waals surface area contributed by atoms with Crippen molar-refractivity contribution >= 4 is 34.6 Å². The smallest absolute Gasteiger partial charge is 0.224 e. The second-order valence-electron chi connectivity index (χ2n) is 9.21. The van der Waals surface area contributed by atoms with Crippen LogP contribution >= 0.6 is 0 Å². The molecule has 2 aromatic carbocycles. The van der Waals surface area contributed by atoms with Crippen LogP contribution in [0.25, 0.3) is 23.1 Å². The van der Waals surface area contributed by atoms with Gasteiger partial charge in [-0.3, -0.25) is 9.78 Å². The molecule has 1 amide bonds. The zero-order valence-corrected chi connectivity index (χ0v) is 20.8. The predicted molar refractivity (Wildman–Crippen MR) is 147 cm³/mol. The van der Waals surface area contributed by atoms with E-state index in [1.165, 1.54) is 57.8 Å². The first-order valence-corrected chi connectivity index (χ1v) is 13.2. The summed E-state index contributed by atoms with van der Waals surface area (Å²) >= 11 is 0. The number of nitrogens with one attached hydrogen (secondary N) is 1. The van der Waals surface area contributed by atoms with Gasteiger partial charge in [0.1, 0.15) is 0 Å². The highest BCUT2D eigenvalue weighted by Crippen LogP contribution is 2.19. The summed E-state index contributed by atoms with van der Waals surface area (Å²) in [6, 6.07) is 18.2. The summed E-state index contributed by atoms with van der Waals surface area (Å²) in [5.74, 6) is 0.113. The summed E-state index contributed by atoms with van der Waals surface area (Å²) in [5, 5.41) is 4.18. The van der Waals surface area contributed by atoms with E-state index in [1.54, 1.807) is 0 Å². The lowest BCUT2D eigenvalue weighted by molar-refractivity contribution is -0.116. The van der Waals surface area contributed by atoms with Crippen molar-refractivity contribution in [3.05, 3.63) is 71.9 Å². The maximum atomic E-state index is 12.3. The van der Waals surface area contributed by atoms with E-state index < -0.39 is 0 Å². The van der Waals surface area contributed by atoms with E-state index >= 15 is 0 Å². The van der Waals surface area contributed by atoms with Crippen LogP contribution in [0, 0.1) is 0 Å². The summed E-state index contributed by atoms with van der Waals surface area (Å²) in [7, 11) is 0. The van der Waals surface area contributed by atoms with Crippen molar-refractivity contribution in [1.29, 1.82) is 0 Å². The Morgan fingerprint density at radius 1 is 0.765 bits per heavy atom. The molecule has 1 aromatic heterocycles. The number of pyridine rings is 1. The molecule has 0 saturated carbocycles. The average Bonchev–Trinajstić information content (AvgIpc) is 2.87. The number of benzene rings is 2. The summed E-state index contributed by atoms with van der Waals surface area (Å²) in [6.45, 7) is 2.27. The molecule has 0 fully saturated rings. The van der Waals surface area contributed by atoms with E-state index in [0.717, 1.165) is 40.6 Å². The Kier molecular flexibility index (Phi) is 11.4. The molecular formula is C31H40N2O. The fraction of sp³-hybridized carbons (Fsp3) is 0.419. The summed E-state index contributed by atoms with van der Waals surface area (Å²) in [4.78, 5) is 16.7. The molecule has 0 aliphatic carbocycles. The standard InChI is InChI=1S/C31H40N2O/c1-2-3-4-5-6-7-8-9-10-11-12-17-31(34)33-28-22-19-26(20-23-28)18-21-27-24-25-32-30-16-14-13-15-29(27)30/h13-16,18-25H,2-12,17H2,1H3,(H,33,34)/b21-18+. The van der Waals surface area contributed by atoms with Crippen molar-refractivity contribution in [2.75, 3.05) is 5.32 Å². The molecule has 0 atom stereocenters. The van der Waals surface area contributed by atoms with Gasteiger partial charge in [-0.1, -0.05) is 114 Å². The molecule has 180 valence electrons. The highest BCUT2D eigenvalue weighted by Gasteiger charge is 2.03. The van der Waals surface area contributed by atoms with Crippen LogP contribution in [-0.2, 0) is 4.79 Å². The van der Waals surface area contributed by atoms with E-state index in [2.05, 4.69) is 35.4 Å². The van der Waals surface area contributed by atoms with Gasteiger partial charge in [0.05, 0.1) is 5.52 Å². The van der Waals surface area contributed by atoms with Gasteiger partial charge in [-0.2, -0.15) is 0 Å². The molecule has 3 rings (SSSR count). The van der Waals surface area contributed by atoms with Gasteiger partial charge in [0, 0.05) is 23.7 Å². The van der Waals surface area contributed by atoms with Gasteiger partial charge in [0.2, 0.25) is 5.91 Å². The summed E-state index contributed by atoms with van der Waals surface area (Å²) < 4.78 is 0. The number of hydrogen-bond acceptors (Lipinski definition) is 2. The number of nitrogens with zero attached hydrogens (tertiary/aromatic N) is 1. The third-order valence-corrected chi connectivity index (χ3v) is 6.34. The zero-order chi connectivity index (χ0) is 23.8. The molecule has 0 radical (unpaired) electrons. The normalized spacial score (nSPS) is 11.3. The SMILES string of the molecule is CCCCCCCCCCCCCC(=O)Nc1ccc(/C=C/c2ccnc3ccccc23)cc1. The van der Waals surface area contributed by atoms with Crippen LogP contribution in [0.15, 0.2) is 60.8 Å². The zero-order valence-electron chi connectivity index (χ0n) is 20.8. The first-order chi connectivity index (χ1) is 16.8. The fourth-order valence-corrected chi connectivity index (χ4v) is 4.30. The second-order valence-corrected chi connectivity index (χ2v) is 9.21. The van der Waals surface area contributed by atoms with Gasteiger partial charge in [0.25, 0.3) is 0 Å². The Hall–Kier alpha value is -2.94. The van der Waals surface area contributed by atoms with E-state index in [1.807, 2.05) is 54.7 Å². The van der Waals surface area contributed by atoms with Crippen molar-refractivity contribution in [2.45, 2.75) is 84.0 Å². The Morgan fingerprint density at radius 3 is 2.12 bits per heavy atom. The van der Waals surface area contributed by atoms with Crippen LogP contribution in [0.3, 0.4) is 0 Å². The van der Waals surface area contributed by atoms with E-state index in [0.29, 0.717) is 6.42 Å². The number of carbonyl (C=O) groups is 1. The van der Waals surface area contributed by atoms with Crippen molar-refractivity contribution in [1.82, 2.24) is 4.98 Å². The Labute approximate surface area is 205 Å². The Bertz CT molecular complexity index is 1020. The number of amides is 1. The largest absolute Gasteiger partial charge is 0.326 e. The minimum Gasteiger partial charge on any atom is -0.326 e. The van der Waals surface area contributed by atoms with Crippen molar-refractivity contribution in [2.24, 2.45) is 0 Å². The fourth-order valence-electron chi connectivity index (χ4n) is 4.30. The van der Waals surface area contributed by atoms with E-state index in [4.69, 9.17) is 0 Å². The van der Waals surface area contributed by atoms with Crippen LogP contribution in [0.2, 0.25) is 0 Å². The first-order valence-electron chi connectivity index (χ1n) is 13.2. The maximum absolute atomic E-state index is 12.3. The second kappa shape index (κ2) is 15.1. The van der Waals surface area contributed by atoms with Gasteiger partial charge in [-0.05, 0) is 41.8 Å². The highest BCUT2D eigenvalue weighted by molar-refractivity contribution is 5.92. The molecular weight excluding hydrogens is 416 g/mol. The first kappa shape index (κ1) is 25.7. The van der Waals surface area contributed by atoms with Gasteiger partial charge >= 0.3 is 0 Å². The van der Waals surface area contributed by atoms with Crippen LogP contribution in [0.4, 0.5) is 5.69 Å². The van der Waals surface area contributed by atoms with Gasteiger partial charge in [-0.15, -0.1) is 0 Å². The minimum atomic E-state index is 0.113. The minimum absolute atomic E-state index is 0.113. The van der Waals surface area contributed by atoms with E-state index in [9.17, 15) is 4.79 Å². The molecule has 1 N–H and O–H groups in total. The van der Waals surface area contributed by atoms with Gasteiger partial charge in [-0.25, -0.2) is 0 Å². The lowest BCUT2D eigenvalue weighted by atomic mass is 10.1. The van der Waals surface area contributed by atoms with Crippen molar-refractivity contribution < 1.29 is 4.79 Å². The number of carbonyl (C=O) groups excluding carboxylic acids is 1. The molecule has 0 spiro atoms. The van der Waals surface area contributed by atoms with Crippen LogP contribution in [-0.4, -0.2) is 10.9 Å². The lowest BCUT2D eigenvalue weighted by Crippen LogP contribution is -2.10. The number of hydrogen-bond donors (Lipinski definition) is 1. The lowest BCUT2D eigenvalue weighted by Gasteiger charge is -2.06. The molecule has 3 heteroatoms. The number of rotatable bonds is 15. The average molecular weight is 457 g/mol. The molecule has 0 aliphatic rings. The maximum Gasteiger partial charge on any atom is 0.224 e. The van der Waals surface area contributed by atoms with Crippen LogP contribution < -0.4 is 5.32 Å². The summed E-state index contributed by atoms with van der Waals surface area (Å²) in [5.41, 5.74) is 4.11. The molecule has 3 aromatic rings. The number of aromatic nitrogens is 1. The third kappa shape index (κ3) is 9.13. The molecule has 0 saturated heterocycles. The van der Waals surface area contributed by atoms with Gasteiger partial charge < -0.3 is 5.32 Å². The predicted octanol–water partition coefficient (Wildman–Crippen LogP) is 9.04. The molecule has 0 aliphatic heterocycles. The Morgan fingerprint density at radius 2 is 1.41 bits per heavy atom. The molecule has 34 heavy (non-hydrogen) atoms. The summed E-state index contributed by atoms with van der Waals surface area (Å²) in [6.07, 6.45) is 20.9. The molecule has 0 unspecified atom stereocenters. The van der Waals surface area contributed by atoms with Crippen molar-refractivity contribution in [3.63, 3.8) is 0 Å². The number of fused-ring (bicyclic) bond motifs is 1. The molecule has 1 heterocycles. The number of anilines is 1. The molecule has 3 nitrogen and oxygen atoms in total. The highest BCUT2D eigenvalue weighted by atomic mass is 16.1. The van der Waals surface area contributed by atoms with Crippen LogP contribution in [0.5, 0.6) is 0 Å². The Balaban J connectivity index is 1.32. The quantitative estimate of drug-likeness (QED) is 0.232. The topological polar surface area (TPSA) is 42.0 Å². The van der Waals surface area contributed by atoms with Crippen LogP contribution in [0.1, 0.15) is 95.1 Å². The number of unbranched alkanes of at least 4 members (excludes halogenated alkanes) is 10. The number of para-hydroxylation sites is 1. The van der Waals surface area contributed by atoms with Gasteiger partial charge in [0.15, 0.2) is 0 Å².